The highest BCUT2D eigenvalue weighted by molar-refractivity contribution is 7.11. The van der Waals surface area contributed by atoms with Gasteiger partial charge in [-0.3, -0.25) is 9.13 Å². The molecule has 11 rings (SSSR count). The number of imidazole rings is 2. The Labute approximate surface area is 449 Å². The minimum atomic E-state index is -0.517. The van der Waals surface area contributed by atoms with E-state index in [0.29, 0.717) is 16.5 Å². The predicted molar refractivity (Wildman–Crippen MR) is 306 cm³/mol. The molecule has 5 heterocycles. The summed E-state index contributed by atoms with van der Waals surface area (Å²) in [5.74, 6) is 3.10. The molecule has 0 atom stereocenters. The molecule has 0 bridgehead atoms. The first-order valence-electron chi connectivity index (χ1n) is 25.1. The molecule has 0 radical (unpaired) electrons. The highest BCUT2D eigenvalue weighted by Crippen LogP contribution is 2.44. The van der Waals surface area contributed by atoms with Crippen LogP contribution in [-0.4, -0.2) is 88.1 Å². The third-order valence-corrected chi connectivity index (χ3v) is 15.6. The minimum Gasteiger partial charge on any atom is -0.494 e. The molecular weight excluding hydrogens is 961 g/mol. The molecule has 3 aliphatic rings. The third kappa shape index (κ3) is 10.4. The highest BCUT2D eigenvalue weighted by atomic mass is 35.5. The van der Waals surface area contributed by atoms with Crippen LogP contribution < -0.4 is 14.9 Å². The molecular formula is C59H70B3ClN4O8. The maximum Gasteiger partial charge on any atom is 0.497 e. The Morgan fingerprint density at radius 1 is 0.413 bits per heavy atom. The van der Waals surface area contributed by atoms with Crippen molar-refractivity contribution in [2.75, 3.05) is 14.2 Å². The number of fused-ring (bicyclic) bond motifs is 2. The van der Waals surface area contributed by atoms with Crippen LogP contribution in [0.3, 0.4) is 0 Å². The zero-order valence-corrected chi connectivity index (χ0v) is 45.8. The van der Waals surface area contributed by atoms with Gasteiger partial charge in [-0.1, -0.05) is 122 Å². The van der Waals surface area contributed by atoms with Crippen molar-refractivity contribution in [2.24, 2.45) is 0 Å². The summed E-state index contributed by atoms with van der Waals surface area (Å²) in [6, 6.07) is 48.3. The second-order valence-corrected chi connectivity index (χ2v) is 22.2. The predicted octanol–water partition coefficient (Wildman–Crippen LogP) is 13.2. The third-order valence-electron chi connectivity index (χ3n) is 15.3. The van der Waals surface area contributed by atoms with Crippen molar-refractivity contribution in [1.82, 2.24) is 19.1 Å². The van der Waals surface area contributed by atoms with Crippen LogP contribution in [0.1, 0.15) is 90.5 Å². The van der Waals surface area contributed by atoms with E-state index >= 15 is 0 Å². The van der Waals surface area contributed by atoms with Gasteiger partial charge in [-0.05, 0) is 126 Å². The molecule has 0 N–H and O–H groups in total. The van der Waals surface area contributed by atoms with Gasteiger partial charge in [0.05, 0.1) is 63.9 Å². The van der Waals surface area contributed by atoms with E-state index in [0.717, 1.165) is 61.7 Å². The van der Waals surface area contributed by atoms with Crippen LogP contribution in [0, 0.1) is 0 Å². The monoisotopic (exact) mass is 1030 g/mol. The van der Waals surface area contributed by atoms with E-state index in [4.69, 9.17) is 59.0 Å². The summed E-state index contributed by atoms with van der Waals surface area (Å²) in [4.78, 5) is 9.91. The smallest absolute Gasteiger partial charge is 0.494 e. The number of halogens is 1. The molecule has 0 aliphatic carbocycles. The number of aromatic nitrogens is 4. The molecule has 2 aromatic heterocycles. The molecule has 0 unspecified atom stereocenters. The van der Waals surface area contributed by atoms with Crippen molar-refractivity contribution in [3.8, 4) is 45.6 Å². The fourth-order valence-electron chi connectivity index (χ4n) is 9.01. The number of hydrogen-bond donors (Lipinski definition) is 0. The van der Waals surface area contributed by atoms with Gasteiger partial charge < -0.3 is 37.4 Å². The van der Waals surface area contributed by atoms with Crippen molar-refractivity contribution in [3.05, 3.63) is 151 Å². The normalized spacial score (nSPS) is 18.5. The first-order valence-corrected chi connectivity index (χ1v) is 25.5. The van der Waals surface area contributed by atoms with E-state index in [2.05, 4.69) is 61.1 Å². The fraction of sp³-hybridized carbons (Fsp3) is 0.356. The summed E-state index contributed by atoms with van der Waals surface area (Å²) in [5, 5.41) is 0.643. The van der Waals surface area contributed by atoms with Crippen LogP contribution in [0.25, 0.3) is 56.2 Å². The van der Waals surface area contributed by atoms with E-state index in [9.17, 15) is 0 Å². The average Bonchev–Trinajstić information content (AvgIpc) is 4.14. The van der Waals surface area contributed by atoms with E-state index in [1.54, 1.807) is 14.2 Å². The second-order valence-electron chi connectivity index (χ2n) is 21.8. The number of para-hydroxylation sites is 2. The Balaban J connectivity index is 0.000000155. The van der Waals surface area contributed by atoms with Crippen molar-refractivity contribution in [1.29, 1.82) is 0 Å². The number of benzene rings is 6. The number of rotatable bonds is 8. The van der Waals surface area contributed by atoms with Gasteiger partial charge in [-0.25, -0.2) is 9.97 Å². The van der Waals surface area contributed by atoms with Crippen molar-refractivity contribution in [3.63, 3.8) is 0 Å². The number of methoxy groups -OCH3 is 2. The maximum atomic E-state index is 6.53. The summed E-state index contributed by atoms with van der Waals surface area (Å²) >= 11 is 6.53. The van der Waals surface area contributed by atoms with Gasteiger partial charge >= 0.3 is 21.1 Å². The van der Waals surface area contributed by atoms with E-state index in [1.807, 2.05) is 177 Å². The molecule has 16 heteroatoms. The van der Waals surface area contributed by atoms with Gasteiger partial charge in [0, 0.05) is 28.0 Å². The molecule has 12 nitrogen and oxygen atoms in total. The van der Waals surface area contributed by atoms with Crippen LogP contribution in [0.5, 0.6) is 11.5 Å². The molecule has 75 heavy (non-hydrogen) atoms. The lowest BCUT2D eigenvalue weighted by Gasteiger charge is -2.32. The van der Waals surface area contributed by atoms with Crippen LogP contribution in [-0.2, 0) is 27.9 Å². The van der Waals surface area contributed by atoms with Crippen LogP contribution in [0.4, 0.5) is 0 Å². The Hall–Kier alpha value is -5.90. The van der Waals surface area contributed by atoms with Crippen LogP contribution in [0.2, 0.25) is 5.02 Å². The molecule has 0 saturated carbocycles. The van der Waals surface area contributed by atoms with Crippen molar-refractivity contribution < 1.29 is 37.4 Å². The Morgan fingerprint density at radius 3 is 1.11 bits per heavy atom. The molecule has 6 aromatic carbocycles. The topological polar surface area (TPSA) is 109 Å². The minimum absolute atomic E-state index is 0. The summed E-state index contributed by atoms with van der Waals surface area (Å²) in [7, 11) is 1.85. The van der Waals surface area contributed by atoms with Crippen LogP contribution >= 0.6 is 11.6 Å². The quantitative estimate of drug-likeness (QED) is 0.136. The Kier molecular flexibility index (Phi) is 15.4. The summed E-state index contributed by atoms with van der Waals surface area (Å²) in [6.07, 6.45) is 0. The maximum absolute atomic E-state index is 6.53. The lowest BCUT2D eigenvalue weighted by molar-refractivity contribution is 0.00578. The molecule has 390 valence electrons. The number of ether oxygens (including phenoxy) is 2. The zero-order valence-electron chi connectivity index (χ0n) is 45.0. The lowest BCUT2D eigenvalue weighted by Crippen LogP contribution is -2.41. The van der Waals surface area contributed by atoms with Gasteiger partial charge in [0.2, 0.25) is 0 Å². The van der Waals surface area contributed by atoms with E-state index < -0.39 is 32.3 Å². The second kappa shape index (κ2) is 20.9. The standard InChI is InChI=1S/C26H27BN2O3.C20H15ClN2O.C12H24B2O4.CH4/c1-25(2)26(3,4)32-27(31-25)20-16-17-21(30-5)22-23(20)29(19-14-10-7-11-15-19)24(28-22)18-12-8-6-9-13-18;1-24-17-13-12-16(21)19-18(17)22-20(14-8-4-2-5-9-14)23(19)15-10-6-3-7-11-15;1-9(2)10(3,4)16-13(15-9)14-17-11(5,6)12(7,8)18-14;/h6-17H,1-5H3;2-13H,1H3;1-8H3;1H4. The summed E-state index contributed by atoms with van der Waals surface area (Å²) < 4.78 is 52.2. The van der Waals surface area contributed by atoms with Gasteiger partial charge in [-0.15, -0.1) is 0 Å². The largest absolute Gasteiger partial charge is 0.497 e. The molecule has 3 aliphatic heterocycles. The Morgan fingerprint density at radius 2 is 0.733 bits per heavy atom. The highest BCUT2D eigenvalue weighted by Gasteiger charge is 2.64. The SMILES string of the molecule is C.CC1(C)OB(B2OC(C)(C)C(C)(C)O2)OC1(C)C.COc1ccc(B2OC(C)(C)C(C)(C)O2)c2c1nc(-c1ccccc1)n2-c1ccccc1.COc1ccc(Cl)c2c1nc(-c1ccccc1)n2-c1ccccc1. The molecule has 0 spiro atoms. The summed E-state index contributed by atoms with van der Waals surface area (Å²) in [5.41, 5.74) is 5.99. The van der Waals surface area contributed by atoms with Crippen molar-refractivity contribution in [2.45, 2.75) is 124 Å². The first kappa shape index (κ1) is 55.3. The van der Waals surface area contributed by atoms with Gasteiger partial charge in [0.15, 0.2) is 0 Å². The molecule has 0 amide bonds. The van der Waals surface area contributed by atoms with E-state index in [-0.39, 0.29) is 29.8 Å². The van der Waals surface area contributed by atoms with E-state index in [1.165, 1.54) is 0 Å². The molecule has 3 fully saturated rings. The number of nitrogens with zero attached hydrogens (tertiary/aromatic N) is 4. The van der Waals surface area contributed by atoms with Gasteiger partial charge in [0.25, 0.3) is 0 Å². The van der Waals surface area contributed by atoms with Crippen molar-refractivity contribution >= 4 is 60.3 Å². The lowest BCUT2D eigenvalue weighted by atomic mass is 9.49. The Bertz CT molecular complexity index is 3180. The zero-order chi connectivity index (χ0) is 53.0. The van der Waals surface area contributed by atoms with Gasteiger partial charge in [0.1, 0.15) is 34.2 Å². The first-order chi connectivity index (χ1) is 35.0. The average molecular weight is 1030 g/mol. The number of hydrogen-bond acceptors (Lipinski definition) is 10. The molecule has 8 aromatic rings. The van der Waals surface area contributed by atoms with Crippen LogP contribution in [0.15, 0.2) is 146 Å². The summed E-state index contributed by atoms with van der Waals surface area (Å²) in [6.45, 7) is 24.5. The van der Waals surface area contributed by atoms with Gasteiger partial charge in [-0.2, -0.15) is 0 Å². The fourth-order valence-corrected chi connectivity index (χ4v) is 9.25. The molecule has 3 saturated heterocycles.